The van der Waals surface area contributed by atoms with E-state index in [2.05, 4.69) is 31.3 Å². The minimum Gasteiger partial charge on any atom is -0.364 e. The molecular formula is C12H10ClN5S. The molecule has 0 saturated heterocycles. The molecule has 0 aromatic carbocycles. The van der Waals surface area contributed by atoms with E-state index < -0.39 is 0 Å². The van der Waals surface area contributed by atoms with Gasteiger partial charge in [-0.3, -0.25) is 0 Å². The molecule has 0 aliphatic rings. The highest BCUT2D eigenvalue weighted by Crippen LogP contribution is 2.29. The van der Waals surface area contributed by atoms with Crippen LogP contribution in [0.5, 0.6) is 0 Å². The van der Waals surface area contributed by atoms with Crippen LogP contribution in [0.4, 0.5) is 5.82 Å². The van der Waals surface area contributed by atoms with Gasteiger partial charge in [0.1, 0.15) is 17.0 Å². The minimum absolute atomic E-state index is 0.250. The average Bonchev–Trinajstić information content (AvgIpc) is 2.77. The summed E-state index contributed by atoms with van der Waals surface area (Å²) >= 11 is 7.53. The first-order valence-corrected chi connectivity index (χ1v) is 6.84. The van der Waals surface area contributed by atoms with E-state index in [-0.39, 0.29) is 5.28 Å². The predicted molar refractivity (Wildman–Crippen MR) is 76.5 cm³/mol. The summed E-state index contributed by atoms with van der Waals surface area (Å²) < 4.78 is 0. The van der Waals surface area contributed by atoms with Crippen molar-refractivity contribution in [2.45, 2.75) is 13.5 Å². The lowest BCUT2D eigenvalue weighted by atomic mass is 10.3. The van der Waals surface area contributed by atoms with E-state index in [0.29, 0.717) is 6.54 Å². The van der Waals surface area contributed by atoms with E-state index in [1.165, 1.54) is 11.2 Å². The number of halogens is 1. The fraction of sp³-hybridized carbons (Fsp3) is 0.167. The largest absolute Gasteiger partial charge is 0.364 e. The van der Waals surface area contributed by atoms with Crippen LogP contribution in [-0.4, -0.2) is 19.9 Å². The average molecular weight is 292 g/mol. The quantitative estimate of drug-likeness (QED) is 0.751. The topological polar surface area (TPSA) is 63.6 Å². The van der Waals surface area contributed by atoms with Gasteiger partial charge in [0, 0.05) is 11.1 Å². The smallest absolute Gasteiger partial charge is 0.225 e. The van der Waals surface area contributed by atoms with Crippen molar-refractivity contribution in [1.82, 2.24) is 19.9 Å². The molecule has 3 heterocycles. The van der Waals surface area contributed by atoms with Crippen molar-refractivity contribution < 1.29 is 0 Å². The molecule has 96 valence electrons. The van der Waals surface area contributed by atoms with Crippen molar-refractivity contribution in [1.29, 1.82) is 0 Å². The maximum atomic E-state index is 5.93. The molecule has 0 atom stereocenters. The normalized spacial score (nSPS) is 10.8. The van der Waals surface area contributed by atoms with Gasteiger partial charge in [-0.25, -0.2) is 19.9 Å². The van der Waals surface area contributed by atoms with Crippen LogP contribution in [0.3, 0.4) is 0 Å². The Labute approximate surface area is 118 Å². The number of aromatic nitrogens is 4. The molecule has 0 saturated carbocycles. The molecule has 0 fully saturated rings. The number of fused-ring (bicyclic) bond motifs is 1. The highest BCUT2D eigenvalue weighted by atomic mass is 35.5. The van der Waals surface area contributed by atoms with Gasteiger partial charge in [-0.2, -0.15) is 0 Å². The number of nitrogens with one attached hydrogen (secondary N) is 1. The van der Waals surface area contributed by atoms with Gasteiger partial charge in [0.25, 0.3) is 0 Å². The summed E-state index contributed by atoms with van der Waals surface area (Å²) in [6.07, 6.45) is 3.23. The Morgan fingerprint density at radius 1 is 1.37 bits per heavy atom. The molecule has 0 amide bonds. The predicted octanol–water partition coefficient (Wildman–Crippen LogP) is 3.06. The minimum atomic E-state index is 0.250. The van der Waals surface area contributed by atoms with Crippen LogP contribution in [0.25, 0.3) is 10.2 Å². The van der Waals surface area contributed by atoms with Crippen molar-refractivity contribution in [2.75, 3.05) is 5.32 Å². The maximum absolute atomic E-state index is 5.93. The third-order valence-electron chi connectivity index (χ3n) is 2.57. The standard InChI is InChI=1S/C12H10ClN5S/c1-7-4-9-10(17-12(13)18-11(9)19-7)15-5-8-2-3-14-6-16-8/h2-4,6H,5H2,1H3,(H,15,17,18). The molecule has 0 bridgehead atoms. The van der Waals surface area contributed by atoms with E-state index in [4.69, 9.17) is 11.6 Å². The molecule has 3 aromatic heterocycles. The molecule has 5 nitrogen and oxygen atoms in total. The first-order valence-electron chi connectivity index (χ1n) is 5.65. The van der Waals surface area contributed by atoms with Crippen molar-refractivity contribution >= 4 is 39.0 Å². The summed E-state index contributed by atoms with van der Waals surface area (Å²) in [6.45, 7) is 2.61. The van der Waals surface area contributed by atoms with Gasteiger partial charge in [-0.05, 0) is 30.7 Å². The Kier molecular flexibility index (Phi) is 3.27. The number of nitrogens with zero attached hydrogens (tertiary/aromatic N) is 4. The molecule has 3 aromatic rings. The summed E-state index contributed by atoms with van der Waals surface area (Å²) in [5.74, 6) is 0.734. The second-order valence-electron chi connectivity index (χ2n) is 3.97. The van der Waals surface area contributed by atoms with Crippen LogP contribution in [0.15, 0.2) is 24.7 Å². The van der Waals surface area contributed by atoms with E-state index in [0.717, 1.165) is 21.7 Å². The van der Waals surface area contributed by atoms with Crippen LogP contribution in [-0.2, 0) is 6.54 Å². The van der Waals surface area contributed by atoms with Crippen molar-refractivity contribution in [3.63, 3.8) is 0 Å². The zero-order chi connectivity index (χ0) is 13.2. The molecule has 0 aliphatic carbocycles. The molecule has 7 heteroatoms. The lowest BCUT2D eigenvalue weighted by Gasteiger charge is -2.06. The van der Waals surface area contributed by atoms with E-state index >= 15 is 0 Å². The third kappa shape index (κ3) is 2.64. The highest BCUT2D eigenvalue weighted by Gasteiger charge is 2.09. The molecule has 0 radical (unpaired) electrons. The number of aryl methyl sites for hydroxylation is 1. The summed E-state index contributed by atoms with van der Waals surface area (Å²) in [6, 6.07) is 3.91. The Balaban J connectivity index is 1.92. The monoisotopic (exact) mass is 291 g/mol. The van der Waals surface area contributed by atoms with Gasteiger partial charge in [-0.15, -0.1) is 11.3 Å². The van der Waals surface area contributed by atoms with E-state index in [1.54, 1.807) is 17.5 Å². The number of hydrogen-bond acceptors (Lipinski definition) is 6. The van der Waals surface area contributed by atoms with Crippen LogP contribution in [0.1, 0.15) is 10.6 Å². The van der Waals surface area contributed by atoms with Crippen molar-refractivity contribution in [3.05, 3.63) is 40.5 Å². The van der Waals surface area contributed by atoms with Gasteiger partial charge < -0.3 is 5.32 Å². The number of thiophene rings is 1. The zero-order valence-electron chi connectivity index (χ0n) is 10.1. The third-order valence-corrected chi connectivity index (χ3v) is 3.68. The lowest BCUT2D eigenvalue weighted by Crippen LogP contribution is -2.04. The molecule has 3 rings (SSSR count). The molecular weight excluding hydrogens is 282 g/mol. The fourth-order valence-electron chi connectivity index (χ4n) is 1.75. The lowest BCUT2D eigenvalue weighted by molar-refractivity contribution is 0.997. The van der Waals surface area contributed by atoms with Crippen LogP contribution in [0, 0.1) is 6.92 Å². The summed E-state index contributed by atoms with van der Waals surface area (Å²) in [4.78, 5) is 18.6. The Morgan fingerprint density at radius 3 is 3.05 bits per heavy atom. The first-order chi connectivity index (χ1) is 9.22. The van der Waals surface area contributed by atoms with Gasteiger partial charge in [0.05, 0.1) is 17.6 Å². The molecule has 0 spiro atoms. The Morgan fingerprint density at radius 2 is 2.26 bits per heavy atom. The Bertz CT molecular complexity index is 713. The summed E-state index contributed by atoms with van der Waals surface area (Å²) in [5, 5.41) is 4.48. The summed E-state index contributed by atoms with van der Waals surface area (Å²) in [7, 11) is 0. The van der Waals surface area contributed by atoms with Gasteiger partial charge in [-0.1, -0.05) is 0 Å². The number of rotatable bonds is 3. The fourth-order valence-corrected chi connectivity index (χ4v) is 2.85. The maximum Gasteiger partial charge on any atom is 0.225 e. The highest BCUT2D eigenvalue weighted by molar-refractivity contribution is 7.18. The second kappa shape index (κ2) is 5.07. The Hall–Kier alpha value is -1.79. The van der Waals surface area contributed by atoms with Crippen LogP contribution >= 0.6 is 22.9 Å². The van der Waals surface area contributed by atoms with E-state index in [1.807, 2.05) is 13.0 Å². The number of anilines is 1. The molecule has 19 heavy (non-hydrogen) atoms. The van der Waals surface area contributed by atoms with Crippen molar-refractivity contribution in [3.8, 4) is 0 Å². The van der Waals surface area contributed by atoms with Crippen molar-refractivity contribution in [2.24, 2.45) is 0 Å². The number of hydrogen-bond donors (Lipinski definition) is 1. The summed E-state index contributed by atoms with van der Waals surface area (Å²) in [5.41, 5.74) is 0.893. The second-order valence-corrected chi connectivity index (χ2v) is 5.54. The SMILES string of the molecule is Cc1cc2c(NCc3ccncn3)nc(Cl)nc2s1. The van der Waals surface area contributed by atoms with Crippen LogP contribution < -0.4 is 5.32 Å². The van der Waals surface area contributed by atoms with Gasteiger partial charge in [0.15, 0.2) is 0 Å². The first kappa shape index (κ1) is 12.3. The zero-order valence-corrected chi connectivity index (χ0v) is 11.7. The van der Waals surface area contributed by atoms with Gasteiger partial charge >= 0.3 is 0 Å². The van der Waals surface area contributed by atoms with Crippen LogP contribution in [0.2, 0.25) is 5.28 Å². The molecule has 0 unspecified atom stereocenters. The molecule has 0 aliphatic heterocycles. The molecule has 1 N–H and O–H groups in total. The van der Waals surface area contributed by atoms with E-state index in [9.17, 15) is 0 Å². The van der Waals surface area contributed by atoms with Gasteiger partial charge in [0.2, 0.25) is 5.28 Å².